The quantitative estimate of drug-likeness (QED) is 0.311. The number of imidazole rings is 1. The van der Waals surface area contributed by atoms with Gasteiger partial charge in [0.2, 0.25) is 0 Å². The number of nitrogens with two attached hydrogens (primary N) is 1. The van der Waals surface area contributed by atoms with Crippen molar-refractivity contribution in [3.05, 3.63) is 24.8 Å². The number of carbonyl (C=O) groups is 2. The highest BCUT2D eigenvalue weighted by Crippen LogP contribution is 2.50. The Bertz CT molecular complexity index is 977. The van der Waals surface area contributed by atoms with Crippen LogP contribution in [0.3, 0.4) is 0 Å². The Labute approximate surface area is 191 Å². The number of hydrogen-bond acceptors (Lipinski definition) is 10. The van der Waals surface area contributed by atoms with Gasteiger partial charge in [0.05, 0.1) is 31.2 Å². The van der Waals surface area contributed by atoms with Crippen molar-refractivity contribution in [1.29, 1.82) is 0 Å². The normalized spacial score (nSPS) is 12.8. The molecule has 13 nitrogen and oxygen atoms in total. The van der Waals surface area contributed by atoms with E-state index in [1.54, 1.807) is 6.33 Å². The highest BCUT2D eigenvalue weighted by Gasteiger charge is 2.29. The van der Waals surface area contributed by atoms with Gasteiger partial charge >= 0.3 is 19.5 Å². The van der Waals surface area contributed by atoms with E-state index in [0.717, 1.165) is 0 Å². The molecule has 0 aliphatic heterocycles. The minimum atomic E-state index is -3.32. The van der Waals surface area contributed by atoms with Gasteiger partial charge in [-0.25, -0.2) is 24.5 Å². The first kappa shape index (κ1) is 28.2. The average Bonchev–Trinajstić information content (AvgIpc) is 3.08. The lowest BCUT2D eigenvalue weighted by Crippen LogP contribution is -2.19. The van der Waals surface area contributed by atoms with Gasteiger partial charge in [0.1, 0.15) is 18.2 Å². The van der Waals surface area contributed by atoms with Crippen LogP contribution >= 0.6 is 7.60 Å². The molecule has 2 aromatic heterocycles. The van der Waals surface area contributed by atoms with Crippen LogP contribution in [0, 0.1) is 0 Å². The minimum absolute atomic E-state index is 0.117. The van der Waals surface area contributed by atoms with Crippen molar-refractivity contribution in [3.63, 3.8) is 0 Å². The molecule has 184 valence electrons. The van der Waals surface area contributed by atoms with Crippen molar-refractivity contribution in [2.75, 3.05) is 12.1 Å². The molecule has 2 heterocycles. The standard InChI is InChI=1S/C15H26N5O4P.C4H4O4/c1-10(2)23-25(21,24-11(3)4)9-22-12(5)6-20-8-19-13-14(16)17-7-18-15(13)20;5-3(6)1-2-4(7)8/h7-8,10-12H,6,9H2,1-5H3,(H2,16,17,18);1-2H,(H,5,6)(H,7,8)/b;2-1+/t12-;/m1./s1. The monoisotopic (exact) mass is 487 g/mol. The summed E-state index contributed by atoms with van der Waals surface area (Å²) in [4.78, 5) is 31.4. The summed E-state index contributed by atoms with van der Waals surface area (Å²) in [7, 11) is -3.32. The average molecular weight is 487 g/mol. The smallest absolute Gasteiger partial charge is 0.356 e. The summed E-state index contributed by atoms with van der Waals surface area (Å²) >= 11 is 0. The summed E-state index contributed by atoms with van der Waals surface area (Å²) in [6.45, 7) is 9.56. The third-order valence-corrected chi connectivity index (χ3v) is 5.46. The van der Waals surface area contributed by atoms with Crippen LogP contribution in [0.1, 0.15) is 34.6 Å². The first-order valence-corrected chi connectivity index (χ1v) is 11.7. The summed E-state index contributed by atoms with van der Waals surface area (Å²) in [5.74, 6) is -2.18. The van der Waals surface area contributed by atoms with Gasteiger partial charge in [-0.2, -0.15) is 0 Å². The molecule has 0 bridgehead atoms. The number of carboxylic acid groups (broad SMARTS) is 2. The Balaban J connectivity index is 0.000000582. The lowest BCUT2D eigenvalue weighted by Gasteiger charge is -2.24. The van der Waals surface area contributed by atoms with Crippen molar-refractivity contribution in [2.24, 2.45) is 0 Å². The highest BCUT2D eigenvalue weighted by molar-refractivity contribution is 7.53. The zero-order valence-corrected chi connectivity index (χ0v) is 20.0. The van der Waals surface area contributed by atoms with Crippen molar-refractivity contribution in [3.8, 4) is 0 Å². The first-order chi connectivity index (χ1) is 15.3. The number of aromatic nitrogens is 4. The first-order valence-electron chi connectivity index (χ1n) is 9.95. The number of hydrogen-bond donors (Lipinski definition) is 3. The van der Waals surface area contributed by atoms with Gasteiger partial charge in [-0.1, -0.05) is 0 Å². The number of nitrogen functional groups attached to an aromatic ring is 1. The molecule has 0 radical (unpaired) electrons. The Morgan fingerprint density at radius 3 is 2.09 bits per heavy atom. The second kappa shape index (κ2) is 13.0. The molecule has 4 N–H and O–H groups in total. The van der Waals surface area contributed by atoms with E-state index in [1.165, 1.54) is 6.33 Å². The van der Waals surface area contributed by atoms with Crippen LogP contribution in [0.2, 0.25) is 0 Å². The van der Waals surface area contributed by atoms with E-state index < -0.39 is 19.5 Å². The largest absolute Gasteiger partial charge is 0.478 e. The number of carboxylic acids is 2. The van der Waals surface area contributed by atoms with E-state index in [9.17, 15) is 14.2 Å². The molecule has 0 aromatic carbocycles. The van der Waals surface area contributed by atoms with E-state index in [1.807, 2.05) is 39.2 Å². The molecular formula is C19H30N5O8P. The highest BCUT2D eigenvalue weighted by atomic mass is 31.2. The van der Waals surface area contributed by atoms with Gasteiger partial charge in [-0.05, 0) is 34.6 Å². The predicted octanol–water partition coefficient (Wildman–Crippen LogP) is 2.53. The fraction of sp³-hybridized carbons (Fsp3) is 0.526. The van der Waals surface area contributed by atoms with Crippen LogP contribution in [-0.2, 0) is 34.5 Å². The fourth-order valence-corrected chi connectivity index (χ4v) is 4.34. The Kier molecular flexibility index (Phi) is 11.1. The van der Waals surface area contributed by atoms with E-state index in [4.69, 9.17) is 29.7 Å². The zero-order chi connectivity index (χ0) is 25.2. The van der Waals surface area contributed by atoms with E-state index >= 15 is 0 Å². The fourth-order valence-electron chi connectivity index (χ4n) is 2.45. The van der Waals surface area contributed by atoms with Crippen LogP contribution in [-0.4, -0.2) is 66.3 Å². The summed E-state index contributed by atoms with van der Waals surface area (Å²) in [6.07, 6.45) is 3.32. The lowest BCUT2D eigenvalue weighted by molar-refractivity contribution is -0.134. The van der Waals surface area contributed by atoms with Gasteiger partial charge in [-0.15, -0.1) is 0 Å². The molecule has 0 aliphatic carbocycles. The molecule has 33 heavy (non-hydrogen) atoms. The van der Waals surface area contributed by atoms with Crippen molar-refractivity contribution in [1.82, 2.24) is 19.5 Å². The number of ether oxygens (including phenoxy) is 1. The molecule has 0 fully saturated rings. The number of anilines is 1. The lowest BCUT2D eigenvalue weighted by atomic mass is 10.4. The van der Waals surface area contributed by atoms with Crippen molar-refractivity contribution < 1.29 is 38.2 Å². The van der Waals surface area contributed by atoms with Gasteiger partial charge in [0.15, 0.2) is 11.5 Å². The van der Waals surface area contributed by atoms with E-state index in [0.29, 0.717) is 35.7 Å². The number of rotatable bonds is 11. The summed E-state index contributed by atoms with van der Waals surface area (Å²) in [5, 5.41) is 15.6. The number of aliphatic carboxylic acids is 2. The van der Waals surface area contributed by atoms with Crippen LogP contribution in [0.25, 0.3) is 11.2 Å². The minimum Gasteiger partial charge on any atom is -0.478 e. The van der Waals surface area contributed by atoms with Crippen LogP contribution in [0.5, 0.6) is 0 Å². The molecule has 14 heteroatoms. The Morgan fingerprint density at radius 1 is 1.06 bits per heavy atom. The van der Waals surface area contributed by atoms with Gasteiger partial charge in [0, 0.05) is 12.2 Å². The Hall–Kier alpha value is -2.86. The maximum absolute atomic E-state index is 12.8. The zero-order valence-electron chi connectivity index (χ0n) is 19.1. The molecule has 0 unspecified atom stereocenters. The molecule has 0 aliphatic rings. The Morgan fingerprint density at radius 2 is 1.61 bits per heavy atom. The maximum Gasteiger partial charge on any atom is 0.356 e. The van der Waals surface area contributed by atoms with Crippen LogP contribution in [0.4, 0.5) is 5.82 Å². The van der Waals surface area contributed by atoms with Crippen LogP contribution < -0.4 is 5.73 Å². The summed E-state index contributed by atoms with van der Waals surface area (Å²) in [5.41, 5.74) is 6.96. The second-order valence-electron chi connectivity index (χ2n) is 7.36. The van der Waals surface area contributed by atoms with E-state index in [2.05, 4.69) is 15.0 Å². The molecule has 1 atom stereocenters. The van der Waals surface area contributed by atoms with Gasteiger partial charge in [-0.3, -0.25) is 4.57 Å². The third-order valence-electron chi connectivity index (χ3n) is 3.51. The summed E-state index contributed by atoms with van der Waals surface area (Å²) < 4.78 is 31.3. The summed E-state index contributed by atoms with van der Waals surface area (Å²) in [6, 6.07) is 0. The van der Waals surface area contributed by atoms with Crippen molar-refractivity contribution in [2.45, 2.75) is 59.5 Å². The van der Waals surface area contributed by atoms with Gasteiger partial charge in [0.25, 0.3) is 0 Å². The number of fused-ring (bicyclic) bond motifs is 1. The second-order valence-corrected chi connectivity index (χ2v) is 9.27. The molecule has 0 amide bonds. The molecule has 0 spiro atoms. The van der Waals surface area contributed by atoms with Crippen molar-refractivity contribution >= 4 is 36.5 Å². The van der Waals surface area contributed by atoms with E-state index in [-0.39, 0.29) is 24.7 Å². The molecule has 2 rings (SSSR count). The molecule has 2 aromatic rings. The number of nitrogens with zero attached hydrogens (tertiary/aromatic N) is 4. The molecule has 0 saturated heterocycles. The molecular weight excluding hydrogens is 457 g/mol. The topological polar surface area (TPSA) is 189 Å². The molecule has 0 saturated carbocycles. The van der Waals surface area contributed by atoms with Crippen LogP contribution in [0.15, 0.2) is 24.8 Å². The maximum atomic E-state index is 12.8. The van der Waals surface area contributed by atoms with Gasteiger partial charge < -0.3 is 34.3 Å². The predicted molar refractivity (Wildman–Crippen MR) is 120 cm³/mol. The SMILES string of the molecule is CC(C)OP(=O)(CO[C@H](C)Cn1cnc2c(N)ncnc21)OC(C)C.O=C(O)/C=C/C(=O)O. The third kappa shape index (κ3) is 10.5.